The maximum Gasteiger partial charge on any atom is 0.253 e. The molecule has 0 aromatic carbocycles. The molecular formula is C18H25N3O2. The van der Waals surface area contributed by atoms with Gasteiger partial charge in [-0.3, -0.25) is 4.79 Å². The van der Waals surface area contributed by atoms with Gasteiger partial charge in [-0.25, -0.2) is 4.98 Å². The maximum absolute atomic E-state index is 12.3. The van der Waals surface area contributed by atoms with Crippen LogP contribution in [0.2, 0.25) is 0 Å². The lowest BCUT2D eigenvalue weighted by atomic mass is 9.99. The van der Waals surface area contributed by atoms with E-state index >= 15 is 0 Å². The third kappa shape index (κ3) is 3.91. The number of carbonyl (C=O) groups is 1. The van der Waals surface area contributed by atoms with Crippen LogP contribution in [0.4, 0.5) is 5.82 Å². The van der Waals surface area contributed by atoms with Crippen molar-refractivity contribution >= 4 is 11.7 Å². The molecule has 0 radical (unpaired) electrons. The van der Waals surface area contributed by atoms with Crippen molar-refractivity contribution in [3.63, 3.8) is 0 Å². The second-order valence-electron chi connectivity index (χ2n) is 6.72. The molecule has 0 unspecified atom stereocenters. The van der Waals surface area contributed by atoms with Gasteiger partial charge in [-0.2, -0.15) is 0 Å². The second kappa shape index (κ2) is 7.13. The summed E-state index contributed by atoms with van der Waals surface area (Å²) in [6, 6.07) is 3.78. The van der Waals surface area contributed by atoms with Crippen molar-refractivity contribution in [1.82, 2.24) is 10.3 Å². The number of hydrogen-bond acceptors (Lipinski definition) is 4. The summed E-state index contributed by atoms with van der Waals surface area (Å²) in [6.07, 6.45) is 8.73. The summed E-state index contributed by atoms with van der Waals surface area (Å²) < 4.78 is 0. The van der Waals surface area contributed by atoms with Crippen molar-refractivity contribution in [3.8, 4) is 0 Å². The van der Waals surface area contributed by atoms with Crippen LogP contribution in [0.1, 0.15) is 36.5 Å². The molecule has 1 aliphatic heterocycles. The van der Waals surface area contributed by atoms with Gasteiger partial charge in [-0.05, 0) is 37.3 Å². The van der Waals surface area contributed by atoms with Crippen molar-refractivity contribution in [1.29, 1.82) is 0 Å². The van der Waals surface area contributed by atoms with Crippen LogP contribution in [-0.4, -0.2) is 41.7 Å². The van der Waals surface area contributed by atoms with Crippen LogP contribution < -0.4 is 10.2 Å². The Bertz CT molecular complexity index is 562. The molecule has 1 fully saturated rings. The lowest BCUT2D eigenvalue weighted by Gasteiger charge is -2.31. The van der Waals surface area contributed by atoms with E-state index in [0.29, 0.717) is 5.56 Å². The number of nitrogens with zero attached hydrogens (tertiary/aromatic N) is 2. The highest BCUT2D eigenvalue weighted by Crippen LogP contribution is 2.21. The average Bonchev–Trinajstić information content (AvgIpc) is 3.03. The average molecular weight is 315 g/mol. The Morgan fingerprint density at radius 3 is 2.74 bits per heavy atom. The van der Waals surface area contributed by atoms with E-state index in [2.05, 4.69) is 22.1 Å². The van der Waals surface area contributed by atoms with Gasteiger partial charge in [-0.15, -0.1) is 0 Å². The molecule has 1 aliphatic carbocycles. The fourth-order valence-electron chi connectivity index (χ4n) is 3.21. The van der Waals surface area contributed by atoms with E-state index in [1.54, 1.807) is 6.20 Å². The number of aliphatic hydroxyl groups excluding tert-OH is 1. The first-order valence-electron chi connectivity index (χ1n) is 8.46. The number of pyridine rings is 1. The van der Waals surface area contributed by atoms with Crippen molar-refractivity contribution in [2.24, 2.45) is 11.8 Å². The van der Waals surface area contributed by atoms with Gasteiger partial charge in [0, 0.05) is 37.9 Å². The van der Waals surface area contributed by atoms with E-state index in [1.165, 1.54) is 12.8 Å². The molecule has 5 nitrogen and oxygen atoms in total. The predicted octanol–water partition coefficient (Wildman–Crippen LogP) is 1.98. The van der Waals surface area contributed by atoms with Crippen molar-refractivity contribution in [2.75, 3.05) is 24.6 Å². The number of piperidine rings is 1. The molecule has 1 aromatic heterocycles. The Morgan fingerprint density at radius 1 is 1.35 bits per heavy atom. The molecule has 23 heavy (non-hydrogen) atoms. The monoisotopic (exact) mass is 315 g/mol. The predicted molar refractivity (Wildman–Crippen MR) is 90.4 cm³/mol. The van der Waals surface area contributed by atoms with Crippen LogP contribution in [0, 0.1) is 11.8 Å². The number of rotatable bonds is 4. The minimum atomic E-state index is -0.107. The standard InChI is InChI=1S/C18H25N3O2/c1-13-6-8-21(9-7-13)17-5-3-15(11-19-17)18(23)20-16-4-2-14(10-16)12-22/h2-5,11,13-14,16,22H,6-10,12H2,1H3,(H,20,23)/t14-,16+/m0/s1. The minimum Gasteiger partial charge on any atom is -0.396 e. The van der Waals surface area contributed by atoms with Gasteiger partial charge in [-0.1, -0.05) is 19.1 Å². The Labute approximate surface area is 137 Å². The van der Waals surface area contributed by atoms with Crippen LogP contribution in [0.15, 0.2) is 30.5 Å². The van der Waals surface area contributed by atoms with E-state index in [9.17, 15) is 4.79 Å². The molecule has 1 aromatic rings. The SMILES string of the molecule is CC1CCN(c2ccc(C(=O)N[C@@H]3C=C[C@H](CO)C3)cn2)CC1. The summed E-state index contributed by atoms with van der Waals surface area (Å²) in [7, 11) is 0. The van der Waals surface area contributed by atoms with Gasteiger partial charge in [0.2, 0.25) is 0 Å². The topological polar surface area (TPSA) is 65.5 Å². The summed E-state index contributed by atoms with van der Waals surface area (Å²) >= 11 is 0. The molecule has 124 valence electrons. The van der Waals surface area contributed by atoms with E-state index in [1.807, 2.05) is 24.3 Å². The summed E-state index contributed by atoms with van der Waals surface area (Å²) in [5.74, 6) is 1.79. The largest absolute Gasteiger partial charge is 0.396 e. The molecule has 3 rings (SSSR count). The van der Waals surface area contributed by atoms with Crippen LogP contribution in [0.25, 0.3) is 0 Å². The number of aliphatic hydroxyl groups is 1. The number of aromatic nitrogens is 1. The van der Waals surface area contributed by atoms with E-state index in [4.69, 9.17) is 5.11 Å². The summed E-state index contributed by atoms with van der Waals surface area (Å²) in [6.45, 7) is 4.49. The molecule has 2 N–H and O–H groups in total. The molecule has 5 heteroatoms. The lowest BCUT2D eigenvalue weighted by molar-refractivity contribution is 0.0940. The third-order valence-corrected chi connectivity index (χ3v) is 4.84. The summed E-state index contributed by atoms with van der Waals surface area (Å²) in [5, 5.41) is 12.1. The third-order valence-electron chi connectivity index (χ3n) is 4.84. The molecule has 2 atom stereocenters. The van der Waals surface area contributed by atoms with E-state index < -0.39 is 0 Å². The smallest absolute Gasteiger partial charge is 0.253 e. The highest BCUT2D eigenvalue weighted by molar-refractivity contribution is 5.94. The Morgan fingerprint density at radius 2 is 2.13 bits per heavy atom. The Balaban J connectivity index is 1.56. The number of amides is 1. The maximum atomic E-state index is 12.3. The Kier molecular flexibility index (Phi) is 4.96. The molecule has 2 heterocycles. The molecule has 0 bridgehead atoms. The van der Waals surface area contributed by atoms with Crippen molar-refractivity contribution in [3.05, 3.63) is 36.0 Å². The van der Waals surface area contributed by atoms with Gasteiger partial charge in [0.15, 0.2) is 0 Å². The number of nitrogens with one attached hydrogen (secondary N) is 1. The summed E-state index contributed by atoms with van der Waals surface area (Å²) in [5.41, 5.74) is 0.583. The van der Waals surface area contributed by atoms with Crippen molar-refractivity contribution in [2.45, 2.75) is 32.2 Å². The summed E-state index contributed by atoms with van der Waals surface area (Å²) in [4.78, 5) is 19.0. The van der Waals surface area contributed by atoms with Crippen molar-refractivity contribution < 1.29 is 9.90 Å². The van der Waals surface area contributed by atoms with E-state index in [-0.39, 0.29) is 24.5 Å². The fraction of sp³-hybridized carbons (Fsp3) is 0.556. The van der Waals surface area contributed by atoms with Crippen LogP contribution in [-0.2, 0) is 0 Å². The highest BCUT2D eigenvalue weighted by atomic mass is 16.3. The first-order valence-corrected chi connectivity index (χ1v) is 8.46. The zero-order valence-corrected chi connectivity index (χ0v) is 13.6. The molecule has 0 spiro atoms. The quantitative estimate of drug-likeness (QED) is 0.834. The molecule has 1 saturated heterocycles. The van der Waals surface area contributed by atoms with Crippen LogP contribution in [0.3, 0.4) is 0 Å². The normalized spacial score (nSPS) is 24.9. The van der Waals surface area contributed by atoms with Gasteiger partial charge in [0.1, 0.15) is 5.82 Å². The number of hydrogen-bond donors (Lipinski definition) is 2. The van der Waals surface area contributed by atoms with Gasteiger partial charge in [0.05, 0.1) is 5.56 Å². The zero-order valence-electron chi connectivity index (χ0n) is 13.6. The molecule has 2 aliphatic rings. The molecule has 1 amide bonds. The zero-order chi connectivity index (χ0) is 16.2. The van der Waals surface area contributed by atoms with E-state index in [0.717, 1.165) is 31.2 Å². The van der Waals surface area contributed by atoms with Gasteiger partial charge in [0.25, 0.3) is 5.91 Å². The molecular weight excluding hydrogens is 290 g/mol. The Hall–Kier alpha value is -1.88. The van der Waals surface area contributed by atoms with Crippen LogP contribution >= 0.6 is 0 Å². The minimum absolute atomic E-state index is 0.00269. The first-order chi connectivity index (χ1) is 11.2. The van der Waals surface area contributed by atoms with Gasteiger partial charge < -0.3 is 15.3 Å². The van der Waals surface area contributed by atoms with Gasteiger partial charge >= 0.3 is 0 Å². The highest BCUT2D eigenvalue weighted by Gasteiger charge is 2.21. The lowest BCUT2D eigenvalue weighted by Crippen LogP contribution is -2.34. The second-order valence-corrected chi connectivity index (χ2v) is 6.72. The van der Waals surface area contributed by atoms with Crippen LogP contribution in [0.5, 0.6) is 0 Å². The fourth-order valence-corrected chi connectivity index (χ4v) is 3.21. The number of carbonyl (C=O) groups excluding carboxylic acids is 1. The molecule has 0 saturated carbocycles. The number of anilines is 1. The first kappa shape index (κ1) is 16.0.